The van der Waals surface area contributed by atoms with E-state index in [4.69, 9.17) is 9.47 Å². The van der Waals surface area contributed by atoms with E-state index in [-0.39, 0.29) is 23.2 Å². The average molecular weight is 482 g/mol. The van der Waals surface area contributed by atoms with Crippen molar-refractivity contribution in [1.29, 1.82) is 5.26 Å². The van der Waals surface area contributed by atoms with E-state index in [1.807, 2.05) is 25.1 Å². The highest BCUT2D eigenvalue weighted by Gasteiger charge is 2.36. The fourth-order valence-corrected chi connectivity index (χ4v) is 4.70. The number of nitrogens with zero attached hydrogens (tertiary/aromatic N) is 4. The Kier molecular flexibility index (Phi) is 6.10. The lowest BCUT2D eigenvalue weighted by Crippen LogP contribution is -2.56. The number of nitriles is 1. The van der Waals surface area contributed by atoms with Gasteiger partial charge in [-0.2, -0.15) is 5.26 Å². The van der Waals surface area contributed by atoms with Crippen LogP contribution in [0.5, 0.6) is 5.88 Å². The van der Waals surface area contributed by atoms with Gasteiger partial charge in [-0.3, -0.25) is 9.71 Å². The van der Waals surface area contributed by atoms with Gasteiger partial charge in [-0.05, 0) is 44.5 Å². The molecule has 0 amide bonds. The lowest BCUT2D eigenvalue weighted by Gasteiger charge is -2.46. The molecule has 1 unspecified atom stereocenters. The standard InChI is InChI=1S/C24H27N5O4S/c1-15-13-29(24(2,3)14-33-15)22-18(10-25)12-26-20-7-6-16(8-19(20)22)17-9-21(28-34(5,30)31)23(32-4)27-11-17/h6-9,11-12,15,28H,13-14H2,1-5H3. The third kappa shape index (κ3) is 4.62. The molecule has 1 aromatic carbocycles. The zero-order chi connectivity index (χ0) is 24.7. The van der Waals surface area contributed by atoms with Gasteiger partial charge in [0.25, 0.3) is 0 Å². The zero-order valence-electron chi connectivity index (χ0n) is 19.8. The summed E-state index contributed by atoms with van der Waals surface area (Å²) in [6, 6.07) is 9.72. The predicted molar refractivity (Wildman–Crippen MR) is 132 cm³/mol. The van der Waals surface area contributed by atoms with Crippen molar-refractivity contribution >= 4 is 32.3 Å². The number of fused-ring (bicyclic) bond motifs is 1. The molecule has 3 heterocycles. The number of methoxy groups -OCH3 is 1. The Morgan fingerprint density at radius 3 is 2.68 bits per heavy atom. The minimum atomic E-state index is -3.53. The quantitative estimate of drug-likeness (QED) is 0.588. The SMILES string of the molecule is COc1ncc(-c2ccc3ncc(C#N)c(N4CC(C)OCC4(C)C)c3c2)cc1NS(C)(=O)=O. The molecule has 3 aromatic rings. The molecular formula is C24H27N5O4S. The first-order chi connectivity index (χ1) is 16.0. The van der Waals surface area contributed by atoms with Crippen molar-refractivity contribution in [2.45, 2.75) is 32.4 Å². The van der Waals surface area contributed by atoms with E-state index in [9.17, 15) is 13.7 Å². The maximum atomic E-state index is 11.8. The lowest BCUT2D eigenvalue weighted by molar-refractivity contribution is 0.00712. The van der Waals surface area contributed by atoms with E-state index in [1.165, 1.54) is 7.11 Å². The van der Waals surface area contributed by atoms with Gasteiger partial charge >= 0.3 is 0 Å². The minimum Gasteiger partial charge on any atom is -0.480 e. The summed E-state index contributed by atoms with van der Waals surface area (Å²) in [7, 11) is -2.10. The molecule has 1 atom stereocenters. The fraction of sp³-hybridized carbons (Fsp3) is 0.375. The van der Waals surface area contributed by atoms with E-state index >= 15 is 0 Å². The van der Waals surface area contributed by atoms with Gasteiger partial charge in [-0.15, -0.1) is 0 Å². The van der Waals surface area contributed by atoms with Crippen molar-refractivity contribution in [2.75, 3.05) is 36.1 Å². The second-order valence-corrected chi connectivity index (χ2v) is 10.8. The van der Waals surface area contributed by atoms with E-state index in [0.717, 1.165) is 28.4 Å². The summed E-state index contributed by atoms with van der Waals surface area (Å²) in [5.41, 5.74) is 3.47. The molecule has 1 N–H and O–H groups in total. The highest BCUT2D eigenvalue weighted by molar-refractivity contribution is 7.92. The van der Waals surface area contributed by atoms with Crippen LogP contribution in [-0.2, 0) is 14.8 Å². The number of rotatable bonds is 5. The van der Waals surface area contributed by atoms with Crippen molar-refractivity contribution in [3.05, 3.63) is 42.2 Å². The summed E-state index contributed by atoms with van der Waals surface area (Å²) in [6.07, 6.45) is 4.31. The number of hydrogen-bond donors (Lipinski definition) is 1. The molecule has 1 aliphatic heterocycles. The van der Waals surface area contributed by atoms with E-state index in [1.54, 1.807) is 18.5 Å². The number of sulfonamides is 1. The number of aromatic nitrogens is 2. The van der Waals surface area contributed by atoms with Crippen LogP contribution in [0.15, 0.2) is 36.7 Å². The Bertz CT molecular complexity index is 1400. The van der Waals surface area contributed by atoms with Gasteiger partial charge in [0.1, 0.15) is 11.8 Å². The zero-order valence-corrected chi connectivity index (χ0v) is 20.6. The predicted octanol–water partition coefficient (Wildman–Crippen LogP) is 3.55. The number of pyridine rings is 2. The number of anilines is 2. The van der Waals surface area contributed by atoms with Crippen molar-refractivity contribution in [3.63, 3.8) is 0 Å². The molecule has 0 aliphatic carbocycles. The molecule has 9 nitrogen and oxygen atoms in total. The Hall–Kier alpha value is -3.42. The third-order valence-electron chi connectivity index (χ3n) is 5.79. The van der Waals surface area contributed by atoms with Gasteiger partial charge in [0.15, 0.2) is 0 Å². The number of benzene rings is 1. The van der Waals surface area contributed by atoms with E-state index in [2.05, 4.69) is 39.5 Å². The second kappa shape index (κ2) is 8.74. The van der Waals surface area contributed by atoms with Crippen molar-refractivity contribution in [1.82, 2.24) is 9.97 Å². The lowest BCUT2D eigenvalue weighted by atomic mass is 9.96. The van der Waals surface area contributed by atoms with Gasteiger partial charge < -0.3 is 14.4 Å². The number of morpholine rings is 1. The first-order valence-corrected chi connectivity index (χ1v) is 12.7. The van der Waals surface area contributed by atoms with Crippen LogP contribution in [0.2, 0.25) is 0 Å². The van der Waals surface area contributed by atoms with Crippen LogP contribution in [0.1, 0.15) is 26.3 Å². The van der Waals surface area contributed by atoms with Gasteiger partial charge in [-0.1, -0.05) is 6.07 Å². The smallest absolute Gasteiger partial charge is 0.238 e. The molecule has 1 aliphatic rings. The summed E-state index contributed by atoms with van der Waals surface area (Å²) < 4.78 is 37.2. The van der Waals surface area contributed by atoms with E-state index in [0.29, 0.717) is 24.3 Å². The molecule has 4 rings (SSSR count). The number of hydrogen-bond acceptors (Lipinski definition) is 8. The molecule has 2 aromatic heterocycles. The summed E-state index contributed by atoms with van der Waals surface area (Å²) in [6.45, 7) is 7.37. The molecule has 1 saturated heterocycles. The number of nitrogens with one attached hydrogen (secondary N) is 1. The largest absolute Gasteiger partial charge is 0.480 e. The van der Waals surface area contributed by atoms with Crippen molar-refractivity contribution in [2.24, 2.45) is 0 Å². The van der Waals surface area contributed by atoms with Crippen LogP contribution >= 0.6 is 0 Å². The highest BCUT2D eigenvalue weighted by atomic mass is 32.2. The molecule has 1 fully saturated rings. The van der Waals surface area contributed by atoms with Crippen LogP contribution in [0.3, 0.4) is 0 Å². The minimum absolute atomic E-state index is 0.0152. The Morgan fingerprint density at radius 1 is 1.24 bits per heavy atom. The Morgan fingerprint density at radius 2 is 2.00 bits per heavy atom. The summed E-state index contributed by atoms with van der Waals surface area (Å²) >= 11 is 0. The van der Waals surface area contributed by atoms with Crippen molar-refractivity contribution in [3.8, 4) is 23.1 Å². The monoisotopic (exact) mass is 481 g/mol. The molecule has 178 valence electrons. The van der Waals surface area contributed by atoms with Crippen LogP contribution in [0.25, 0.3) is 22.0 Å². The van der Waals surface area contributed by atoms with Crippen LogP contribution in [-0.4, -0.2) is 56.5 Å². The first-order valence-electron chi connectivity index (χ1n) is 10.8. The molecule has 34 heavy (non-hydrogen) atoms. The Balaban J connectivity index is 1.90. The fourth-order valence-electron chi connectivity index (χ4n) is 4.15. The molecule has 0 radical (unpaired) electrons. The Labute approximate surface area is 199 Å². The summed E-state index contributed by atoms with van der Waals surface area (Å²) in [5, 5.41) is 10.7. The molecule has 10 heteroatoms. The molecule has 0 bridgehead atoms. The molecule has 0 spiro atoms. The summed E-state index contributed by atoms with van der Waals surface area (Å²) in [4.78, 5) is 11.0. The normalized spacial score (nSPS) is 17.9. The first kappa shape index (κ1) is 23.7. The third-order valence-corrected chi connectivity index (χ3v) is 6.39. The van der Waals surface area contributed by atoms with Gasteiger partial charge in [-0.25, -0.2) is 13.4 Å². The van der Waals surface area contributed by atoms with Crippen LogP contribution < -0.4 is 14.4 Å². The highest BCUT2D eigenvalue weighted by Crippen LogP contribution is 2.38. The second-order valence-electron chi connectivity index (χ2n) is 9.06. The topological polar surface area (TPSA) is 117 Å². The average Bonchev–Trinajstić information content (AvgIpc) is 2.78. The van der Waals surface area contributed by atoms with Crippen molar-refractivity contribution < 1.29 is 17.9 Å². The van der Waals surface area contributed by atoms with Gasteiger partial charge in [0.05, 0.1) is 48.4 Å². The van der Waals surface area contributed by atoms with Gasteiger partial charge in [0, 0.05) is 29.9 Å². The van der Waals surface area contributed by atoms with Crippen LogP contribution in [0, 0.1) is 11.3 Å². The maximum Gasteiger partial charge on any atom is 0.238 e. The van der Waals surface area contributed by atoms with E-state index < -0.39 is 10.0 Å². The van der Waals surface area contributed by atoms with Crippen LogP contribution in [0.4, 0.5) is 11.4 Å². The summed E-state index contributed by atoms with van der Waals surface area (Å²) in [5.74, 6) is 0.174. The molecular weight excluding hydrogens is 454 g/mol. The maximum absolute atomic E-state index is 11.8. The van der Waals surface area contributed by atoms with Gasteiger partial charge in [0.2, 0.25) is 15.9 Å². The number of ether oxygens (including phenoxy) is 2. The molecule has 0 saturated carbocycles.